The molecule has 0 saturated heterocycles. The first-order chi connectivity index (χ1) is 15.9. The number of imide groups is 1. The van der Waals surface area contributed by atoms with Crippen molar-refractivity contribution < 1.29 is 19.1 Å². The lowest BCUT2D eigenvalue weighted by Gasteiger charge is -2.33. The van der Waals surface area contributed by atoms with Crippen molar-refractivity contribution in [2.75, 3.05) is 13.2 Å². The summed E-state index contributed by atoms with van der Waals surface area (Å²) in [5.74, 6) is -0.0255. The first-order valence-electron chi connectivity index (χ1n) is 11.9. The number of hydrogen-bond acceptors (Lipinski definition) is 4. The van der Waals surface area contributed by atoms with Crippen molar-refractivity contribution in [3.8, 4) is 5.75 Å². The number of nitrogens with zero attached hydrogens (tertiary/aromatic N) is 1. The number of hydrogen-bond donors (Lipinski definition) is 1. The Morgan fingerprint density at radius 2 is 1.76 bits per heavy atom. The molecule has 1 saturated carbocycles. The van der Waals surface area contributed by atoms with E-state index in [1.54, 1.807) is 24.3 Å². The fourth-order valence-electron chi connectivity index (χ4n) is 5.10. The molecular formula is C27H32N2O4. The minimum Gasteiger partial charge on any atom is -0.494 e. The van der Waals surface area contributed by atoms with Crippen LogP contribution in [-0.2, 0) is 4.79 Å². The van der Waals surface area contributed by atoms with Crippen molar-refractivity contribution in [2.24, 2.45) is 11.8 Å². The molecule has 6 heteroatoms. The van der Waals surface area contributed by atoms with Crippen molar-refractivity contribution in [1.82, 2.24) is 10.2 Å². The number of benzene rings is 2. The first kappa shape index (κ1) is 23.0. The summed E-state index contributed by atoms with van der Waals surface area (Å²) < 4.78 is 5.77. The van der Waals surface area contributed by atoms with Crippen molar-refractivity contribution >= 4 is 17.7 Å². The van der Waals surface area contributed by atoms with E-state index in [9.17, 15) is 14.4 Å². The third kappa shape index (κ3) is 4.65. The van der Waals surface area contributed by atoms with Gasteiger partial charge in [0.15, 0.2) is 0 Å². The fourth-order valence-corrected chi connectivity index (χ4v) is 5.10. The molecule has 0 spiro atoms. The second-order valence-corrected chi connectivity index (χ2v) is 9.12. The molecule has 3 amide bonds. The molecule has 0 aromatic heterocycles. The lowest BCUT2D eigenvalue weighted by atomic mass is 9.78. The molecule has 1 N–H and O–H groups in total. The van der Waals surface area contributed by atoms with Gasteiger partial charge in [-0.25, -0.2) is 0 Å². The summed E-state index contributed by atoms with van der Waals surface area (Å²) in [6.45, 7) is 6.78. The predicted octanol–water partition coefficient (Wildman–Crippen LogP) is 4.67. The van der Waals surface area contributed by atoms with Crippen molar-refractivity contribution in [2.45, 2.75) is 52.5 Å². The topological polar surface area (TPSA) is 75.7 Å². The summed E-state index contributed by atoms with van der Waals surface area (Å²) in [6.07, 6.45) is 3.56. The highest BCUT2D eigenvalue weighted by Crippen LogP contribution is 2.34. The summed E-state index contributed by atoms with van der Waals surface area (Å²) in [5.41, 5.74) is 2.97. The van der Waals surface area contributed by atoms with Gasteiger partial charge in [-0.2, -0.15) is 0 Å². The van der Waals surface area contributed by atoms with Crippen molar-refractivity contribution in [3.63, 3.8) is 0 Å². The summed E-state index contributed by atoms with van der Waals surface area (Å²) in [5, 5.41) is 3.18. The van der Waals surface area contributed by atoms with Gasteiger partial charge < -0.3 is 10.1 Å². The molecule has 6 nitrogen and oxygen atoms in total. The van der Waals surface area contributed by atoms with Gasteiger partial charge >= 0.3 is 0 Å². The van der Waals surface area contributed by atoms with Crippen LogP contribution in [0.5, 0.6) is 5.75 Å². The van der Waals surface area contributed by atoms with Gasteiger partial charge in [-0.3, -0.25) is 19.3 Å². The highest BCUT2D eigenvalue weighted by atomic mass is 16.5. The molecule has 1 fully saturated rings. The average molecular weight is 449 g/mol. The zero-order chi connectivity index (χ0) is 23.5. The van der Waals surface area contributed by atoms with E-state index in [0.717, 1.165) is 42.6 Å². The lowest BCUT2D eigenvalue weighted by Crippen LogP contribution is -2.44. The number of rotatable bonds is 7. The van der Waals surface area contributed by atoms with Crippen LogP contribution in [0.1, 0.15) is 77.4 Å². The average Bonchev–Trinajstić information content (AvgIpc) is 3.05. The van der Waals surface area contributed by atoms with Gasteiger partial charge in [0.25, 0.3) is 11.8 Å². The number of nitrogens with one attached hydrogen (secondary N) is 1. The van der Waals surface area contributed by atoms with Crippen LogP contribution < -0.4 is 10.1 Å². The van der Waals surface area contributed by atoms with Gasteiger partial charge in [0.1, 0.15) is 5.75 Å². The molecule has 1 heterocycles. The Balaban J connectivity index is 1.48. The normalized spacial score (nSPS) is 21.0. The monoisotopic (exact) mass is 448 g/mol. The number of aryl methyl sites for hydroxylation is 1. The van der Waals surface area contributed by atoms with Gasteiger partial charge in [-0.05, 0) is 57.7 Å². The van der Waals surface area contributed by atoms with Gasteiger partial charge in [-0.15, -0.1) is 0 Å². The van der Waals surface area contributed by atoms with E-state index in [1.807, 2.05) is 39.0 Å². The van der Waals surface area contributed by atoms with Gasteiger partial charge in [0.05, 0.1) is 23.8 Å². The number of amides is 3. The molecule has 2 aromatic carbocycles. The second kappa shape index (κ2) is 9.77. The minimum atomic E-state index is -0.255. The molecule has 174 valence electrons. The fraction of sp³-hybridized carbons (Fsp3) is 0.444. The Bertz CT molecular complexity index is 1030. The molecule has 2 aliphatic rings. The highest BCUT2D eigenvalue weighted by molar-refractivity contribution is 6.21. The summed E-state index contributed by atoms with van der Waals surface area (Å²) >= 11 is 0. The standard InChI is InChI=1S/C27H32N2O4/c1-4-33-24-14-13-17(2)15-23(24)18(3)28-25(30)20-10-6-5-9-19(20)16-29-26(31)21-11-7-8-12-22(21)27(29)32/h7-8,11-15,18-20H,4-6,9-10,16H2,1-3H3,(H,28,30). The SMILES string of the molecule is CCOc1ccc(C)cc1C(C)NC(=O)C1CCCCC1CN1C(=O)c2ccccc2C1=O. The molecule has 0 bridgehead atoms. The molecule has 1 aliphatic heterocycles. The van der Waals surface area contributed by atoms with Crippen LogP contribution in [0.4, 0.5) is 0 Å². The molecular weight excluding hydrogens is 416 g/mol. The Morgan fingerprint density at radius 3 is 2.42 bits per heavy atom. The largest absolute Gasteiger partial charge is 0.494 e. The zero-order valence-electron chi connectivity index (χ0n) is 19.6. The first-order valence-corrected chi connectivity index (χ1v) is 11.9. The van der Waals surface area contributed by atoms with Crippen LogP contribution in [0.15, 0.2) is 42.5 Å². The Morgan fingerprint density at radius 1 is 1.09 bits per heavy atom. The van der Waals surface area contributed by atoms with Crippen molar-refractivity contribution in [3.05, 3.63) is 64.7 Å². The highest BCUT2D eigenvalue weighted by Gasteiger charge is 2.40. The van der Waals surface area contributed by atoms with Crippen LogP contribution in [-0.4, -0.2) is 35.8 Å². The third-order valence-corrected chi connectivity index (χ3v) is 6.83. The smallest absolute Gasteiger partial charge is 0.261 e. The zero-order valence-corrected chi connectivity index (χ0v) is 19.6. The van der Waals surface area contributed by atoms with Crippen LogP contribution in [0.3, 0.4) is 0 Å². The van der Waals surface area contributed by atoms with E-state index < -0.39 is 0 Å². The third-order valence-electron chi connectivity index (χ3n) is 6.83. The van der Waals surface area contributed by atoms with E-state index in [0.29, 0.717) is 17.7 Å². The van der Waals surface area contributed by atoms with E-state index in [2.05, 4.69) is 5.32 Å². The second-order valence-electron chi connectivity index (χ2n) is 9.12. The molecule has 2 aromatic rings. The maximum Gasteiger partial charge on any atom is 0.261 e. The molecule has 33 heavy (non-hydrogen) atoms. The summed E-state index contributed by atoms with van der Waals surface area (Å²) in [6, 6.07) is 12.7. The number of carbonyl (C=O) groups excluding carboxylic acids is 3. The van der Waals surface area contributed by atoms with Gasteiger partial charge in [-0.1, -0.05) is 42.7 Å². The Labute approximate surface area is 195 Å². The minimum absolute atomic E-state index is 0.0206. The van der Waals surface area contributed by atoms with Crippen LogP contribution in [0.25, 0.3) is 0 Å². The summed E-state index contributed by atoms with van der Waals surface area (Å²) in [4.78, 5) is 40.4. The summed E-state index contributed by atoms with van der Waals surface area (Å²) in [7, 11) is 0. The molecule has 3 atom stereocenters. The maximum atomic E-state index is 13.4. The quantitative estimate of drug-likeness (QED) is 0.625. The lowest BCUT2D eigenvalue weighted by molar-refractivity contribution is -0.128. The van der Waals surface area contributed by atoms with E-state index in [1.165, 1.54) is 4.90 Å². The molecule has 4 rings (SSSR count). The number of carbonyl (C=O) groups is 3. The Kier molecular flexibility index (Phi) is 6.82. The molecule has 3 unspecified atom stereocenters. The Hall–Kier alpha value is -3.15. The molecule has 1 aliphatic carbocycles. The number of fused-ring (bicyclic) bond motifs is 1. The number of ether oxygens (including phenoxy) is 1. The van der Waals surface area contributed by atoms with Gasteiger partial charge in [0, 0.05) is 18.0 Å². The van der Waals surface area contributed by atoms with E-state index in [-0.39, 0.29) is 42.1 Å². The van der Waals surface area contributed by atoms with E-state index >= 15 is 0 Å². The predicted molar refractivity (Wildman–Crippen MR) is 126 cm³/mol. The maximum absolute atomic E-state index is 13.4. The van der Waals surface area contributed by atoms with Crippen LogP contribution in [0, 0.1) is 18.8 Å². The van der Waals surface area contributed by atoms with E-state index in [4.69, 9.17) is 4.74 Å². The van der Waals surface area contributed by atoms with Crippen LogP contribution in [0.2, 0.25) is 0 Å². The van der Waals surface area contributed by atoms with Gasteiger partial charge in [0.2, 0.25) is 5.91 Å². The molecule has 0 radical (unpaired) electrons. The van der Waals surface area contributed by atoms with Crippen LogP contribution >= 0.6 is 0 Å². The van der Waals surface area contributed by atoms with Crippen molar-refractivity contribution in [1.29, 1.82) is 0 Å².